The van der Waals surface area contributed by atoms with Crippen molar-refractivity contribution in [1.82, 2.24) is 0 Å². The van der Waals surface area contributed by atoms with Gasteiger partial charge in [0.1, 0.15) is 6.61 Å². The molecule has 0 saturated heterocycles. The summed E-state index contributed by atoms with van der Waals surface area (Å²) in [6.07, 6.45) is 0.229. The lowest BCUT2D eigenvalue weighted by Crippen LogP contribution is -2.43. The smallest absolute Gasteiger partial charge is 0.261 e. The van der Waals surface area contributed by atoms with Crippen molar-refractivity contribution in [1.29, 1.82) is 0 Å². The zero-order chi connectivity index (χ0) is 11.4. The molecule has 0 aromatic carbocycles. The van der Waals surface area contributed by atoms with Gasteiger partial charge in [-0.3, -0.25) is 0 Å². The van der Waals surface area contributed by atoms with E-state index in [2.05, 4.69) is 13.8 Å². The van der Waals surface area contributed by atoms with E-state index in [9.17, 15) is 8.78 Å². The summed E-state index contributed by atoms with van der Waals surface area (Å²) in [5, 5.41) is 0. The number of hydrogen-bond donors (Lipinski definition) is 1. The molecule has 0 aromatic heterocycles. The Hall–Kier alpha value is -0.220. The summed E-state index contributed by atoms with van der Waals surface area (Å²) in [5.41, 5.74) is 5.86. The second-order valence-corrected chi connectivity index (χ2v) is 4.74. The minimum absolute atomic E-state index is 0.0706. The standard InChI is InChI=1S/C11H21F2NO/c1-7(2)8-3-4-9(14)10(5-8)15-6-11(12)13/h7-11H,3-6,14H2,1-2H3. The molecular weight excluding hydrogens is 200 g/mol. The van der Waals surface area contributed by atoms with Crippen LogP contribution in [0.15, 0.2) is 0 Å². The van der Waals surface area contributed by atoms with Crippen LogP contribution in [-0.4, -0.2) is 25.2 Å². The first-order valence-electron chi connectivity index (χ1n) is 5.66. The van der Waals surface area contributed by atoms with Gasteiger partial charge in [0.15, 0.2) is 0 Å². The fourth-order valence-corrected chi connectivity index (χ4v) is 2.18. The Bertz CT molecular complexity index is 187. The monoisotopic (exact) mass is 221 g/mol. The Morgan fingerprint density at radius 3 is 2.53 bits per heavy atom. The molecule has 2 nitrogen and oxygen atoms in total. The summed E-state index contributed by atoms with van der Waals surface area (Å²) in [7, 11) is 0. The number of ether oxygens (including phenoxy) is 1. The topological polar surface area (TPSA) is 35.2 Å². The summed E-state index contributed by atoms with van der Waals surface area (Å²) in [5.74, 6) is 1.14. The van der Waals surface area contributed by atoms with Crippen LogP contribution in [0.5, 0.6) is 0 Å². The van der Waals surface area contributed by atoms with Gasteiger partial charge in [-0.05, 0) is 31.1 Å². The second kappa shape index (κ2) is 5.75. The van der Waals surface area contributed by atoms with Gasteiger partial charge in [0.2, 0.25) is 0 Å². The molecule has 3 unspecified atom stereocenters. The van der Waals surface area contributed by atoms with Crippen molar-refractivity contribution in [3.63, 3.8) is 0 Å². The van der Waals surface area contributed by atoms with Crippen molar-refractivity contribution in [3.05, 3.63) is 0 Å². The lowest BCUT2D eigenvalue weighted by Gasteiger charge is -2.35. The van der Waals surface area contributed by atoms with E-state index in [1.165, 1.54) is 0 Å². The maximum Gasteiger partial charge on any atom is 0.261 e. The maximum absolute atomic E-state index is 12.0. The van der Waals surface area contributed by atoms with Crippen LogP contribution < -0.4 is 5.73 Å². The molecule has 0 spiro atoms. The van der Waals surface area contributed by atoms with E-state index in [-0.39, 0.29) is 12.1 Å². The molecule has 90 valence electrons. The van der Waals surface area contributed by atoms with Gasteiger partial charge in [-0.2, -0.15) is 0 Å². The van der Waals surface area contributed by atoms with E-state index >= 15 is 0 Å². The van der Waals surface area contributed by atoms with E-state index in [0.717, 1.165) is 19.3 Å². The zero-order valence-electron chi connectivity index (χ0n) is 9.46. The molecule has 15 heavy (non-hydrogen) atoms. The Morgan fingerprint density at radius 1 is 1.33 bits per heavy atom. The second-order valence-electron chi connectivity index (χ2n) is 4.74. The van der Waals surface area contributed by atoms with Gasteiger partial charge in [0.25, 0.3) is 6.43 Å². The average molecular weight is 221 g/mol. The molecule has 0 heterocycles. The number of halogens is 2. The van der Waals surface area contributed by atoms with E-state index < -0.39 is 13.0 Å². The van der Waals surface area contributed by atoms with Crippen molar-refractivity contribution in [2.24, 2.45) is 17.6 Å². The van der Waals surface area contributed by atoms with Gasteiger partial charge in [-0.1, -0.05) is 13.8 Å². The van der Waals surface area contributed by atoms with Crippen LogP contribution in [0.2, 0.25) is 0 Å². The lowest BCUT2D eigenvalue weighted by atomic mass is 9.78. The molecule has 3 atom stereocenters. The molecule has 2 N–H and O–H groups in total. The Balaban J connectivity index is 2.39. The minimum atomic E-state index is -2.39. The molecule has 1 fully saturated rings. The van der Waals surface area contributed by atoms with Gasteiger partial charge >= 0.3 is 0 Å². The van der Waals surface area contributed by atoms with Crippen molar-refractivity contribution >= 4 is 0 Å². The van der Waals surface area contributed by atoms with E-state index in [1.54, 1.807) is 0 Å². The quantitative estimate of drug-likeness (QED) is 0.791. The summed E-state index contributed by atoms with van der Waals surface area (Å²) in [4.78, 5) is 0. The van der Waals surface area contributed by atoms with Crippen molar-refractivity contribution in [2.75, 3.05) is 6.61 Å². The summed E-state index contributed by atoms with van der Waals surface area (Å²) in [6.45, 7) is 3.83. The lowest BCUT2D eigenvalue weighted by molar-refractivity contribution is -0.0560. The third-order valence-corrected chi connectivity index (χ3v) is 3.26. The molecule has 0 bridgehead atoms. The first-order chi connectivity index (χ1) is 7.00. The normalized spacial score (nSPS) is 32.6. The van der Waals surface area contributed by atoms with Gasteiger partial charge in [-0.15, -0.1) is 0 Å². The molecule has 1 rings (SSSR count). The van der Waals surface area contributed by atoms with E-state index in [4.69, 9.17) is 10.5 Å². The van der Waals surface area contributed by atoms with Gasteiger partial charge in [0.05, 0.1) is 6.10 Å². The Labute approximate surface area is 90.2 Å². The van der Waals surface area contributed by atoms with Crippen LogP contribution >= 0.6 is 0 Å². The van der Waals surface area contributed by atoms with E-state index in [0.29, 0.717) is 11.8 Å². The molecule has 0 radical (unpaired) electrons. The maximum atomic E-state index is 12.0. The van der Waals surface area contributed by atoms with Crippen LogP contribution in [0.25, 0.3) is 0 Å². The fraction of sp³-hybridized carbons (Fsp3) is 1.00. The summed E-state index contributed by atoms with van der Waals surface area (Å²) < 4.78 is 29.2. The van der Waals surface area contributed by atoms with Gasteiger partial charge in [-0.25, -0.2) is 8.78 Å². The van der Waals surface area contributed by atoms with Crippen molar-refractivity contribution < 1.29 is 13.5 Å². The summed E-state index contributed by atoms with van der Waals surface area (Å²) >= 11 is 0. The number of hydrogen-bond acceptors (Lipinski definition) is 2. The predicted octanol–water partition coefficient (Wildman–Crippen LogP) is 2.42. The molecule has 1 aliphatic rings. The average Bonchev–Trinajstić information content (AvgIpc) is 2.16. The van der Waals surface area contributed by atoms with E-state index in [1.807, 2.05) is 0 Å². The highest BCUT2D eigenvalue weighted by atomic mass is 19.3. The summed E-state index contributed by atoms with van der Waals surface area (Å²) in [6, 6.07) is -0.0706. The SMILES string of the molecule is CC(C)C1CCC(N)C(OCC(F)F)C1. The van der Waals surface area contributed by atoms with Crippen LogP contribution in [0.4, 0.5) is 8.78 Å². The van der Waals surface area contributed by atoms with Crippen molar-refractivity contribution in [2.45, 2.75) is 51.7 Å². The molecule has 1 aliphatic carbocycles. The number of nitrogens with two attached hydrogens (primary N) is 1. The van der Waals surface area contributed by atoms with Crippen LogP contribution in [-0.2, 0) is 4.74 Å². The number of alkyl halides is 2. The third-order valence-electron chi connectivity index (χ3n) is 3.26. The minimum Gasteiger partial charge on any atom is -0.371 e. The Kier molecular flexibility index (Phi) is 4.93. The largest absolute Gasteiger partial charge is 0.371 e. The highest BCUT2D eigenvalue weighted by molar-refractivity contribution is 4.84. The van der Waals surface area contributed by atoms with Crippen LogP contribution in [0.3, 0.4) is 0 Å². The molecule has 1 saturated carbocycles. The zero-order valence-corrected chi connectivity index (χ0v) is 9.46. The van der Waals surface area contributed by atoms with Gasteiger partial charge in [0, 0.05) is 6.04 Å². The number of rotatable bonds is 4. The third kappa shape index (κ3) is 4.03. The highest BCUT2D eigenvalue weighted by Gasteiger charge is 2.30. The first kappa shape index (κ1) is 12.8. The molecule has 0 amide bonds. The van der Waals surface area contributed by atoms with Crippen LogP contribution in [0.1, 0.15) is 33.1 Å². The molecule has 4 heteroatoms. The predicted molar refractivity (Wildman–Crippen MR) is 55.9 cm³/mol. The molecule has 0 aromatic rings. The highest BCUT2D eigenvalue weighted by Crippen LogP contribution is 2.31. The van der Waals surface area contributed by atoms with Gasteiger partial charge < -0.3 is 10.5 Å². The first-order valence-corrected chi connectivity index (χ1v) is 5.66. The van der Waals surface area contributed by atoms with Crippen LogP contribution in [0, 0.1) is 11.8 Å². The molecular formula is C11H21F2NO. The van der Waals surface area contributed by atoms with Crippen molar-refractivity contribution in [3.8, 4) is 0 Å². The fourth-order valence-electron chi connectivity index (χ4n) is 2.18. The Morgan fingerprint density at radius 2 is 2.00 bits per heavy atom. The molecule has 0 aliphatic heterocycles.